The first-order valence-electron chi connectivity index (χ1n) is 11.8. The Hall–Kier alpha value is -2.36. The second-order valence-electron chi connectivity index (χ2n) is 9.04. The molecular formula is C26H35F3O6. The van der Waals surface area contributed by atoms with Crippen molar-refractivity contribution in [2.24, 2.45) is 11.8 Å². The first-order chi connectivity index (χ1) is 16.5. The number of alkyl halides is 3. The second-order valence-corrected chi connectivity index (χ2v) is 9.04. The highest BCUT2D eigenvalue weighted by atomic mass is 19.4. The number of rotatable bonds is 12. The molecular weight excluding hydrogens is 465 g/mol. The summed E-state index contributed by atoms with van der Waals surface area (Å²) >= 11 is 0. The van der Waals surface area contributed by atoms with E-state index >= 15 is 0 Å². The third-order valence-corrected chi connectivity index (χ3v) is 5.75. The van der Waals surface area contributed by atoms with E-state index in [0.717, 1.165) is 12.1 Å². The van der Waals surface area contributed by atoms with Gasteiger partial charge in [-0.15, -0.1) is 0 Å². The van der Waals surface area contributed by atoms with Gasteiger partial charge >= 0.3 is 12.1 Å². The van der Waals surface area contributed by atoms with Gasteiger partial charge in [-0.1, -0.05) is 30.4 Å². The normalized spacial score (nSPS) is 23.9. The second kappa shape index (κ2) is 13.7. The Kier molecular flexibility index (Phi) is 11.3. The summed E-state index contributed by atoms with van der Waals surface area (Å²) in [6.45, 7) is 3.34. The van der Waals surface area contributed by atoms with E-state index in [1.807, 2.05) is 12.2 Å². The highest BCUT2D eigenvalue weighted by Crippen LogP contribution is 2.36. The molecule has 1 fully saturated rings. The van der Waals surface area contributed by atoms with Crippen LogP contribution in [0.5, 0.6) is 5.75 Å². The van der Waals surface area contributed by atoms with Crippen molar-refractivity contribution in [3.05, 3.63) is 54.1 Å². The van der Waals surface area contributed by atoms with Crippen LogP contribution in [-0.4, -0.2) is 52.3 Å². The summed E-state index contributed by atoms with van der Waals surface area (Å²) in [4.78, 5) is 11.5. The maximum absolute atomic E-state index is 12.8. The summed E-state index contributed by atoms with van der Waals surface area (Å²) in [5.74, 6) is -0.883. The molecule has 0 aliphatic heterocycles. The molecule has 5 atom stereocenters. The van der Waals surface area contributed by atoms with Gasteiger partial charge in [-0.25, -0.2) is 0 Å². The molecule has 9 heteroatoms. The lowest BCUT2D eigenvalue weighted by molar-refractivity contribution is -0.147. The van der Waals surface area contributed by atoms with E-state index < -0.39 is 30.1 Å². The summed E-state index contributed by atoms with van der Waals surface area (Å²) in [6, 6.07) is 4.40. The van der Waals surface area contributed by atoms with Crippen LogP contribution in [-0.2, 0) is 15.7 Å². The topological polar surface area (TPSA) is 96.2 Å². The van der Waals surface area contributed by atoms with Gasteiger partial charge in [-0.05, 0) is 57.2 Å². The van der Waals surface area contributed by atoms with Gasteiger partial charge in [0.15, 0.2) is 0 Å². The van der Waals surface area contributed by atoms with Crippen molar-refractivity contribution in [1.29, 1.82) is 0 Å². The number of carbonyl (C=O) groups is 1. The first-order valence-corrected chi connectivity index (χ1v) is 11.8. The fraction of sp³-hybridized carbons (Fsp3) is 0.577. The lowest BCUT2D eigenvalue weighted by Gasteiger charge is -2.19. The lowest BCUT2D eigenvalue weighted by Crippen LogP contribution is -2.21. The van der Waals surface area contributed by atoms with Crippen molar-refractivity contribution >= 4 is 5.97 Å². The average molecular weight is 501 g/mol. The number of ether oxygens (including phenoxy) is 2. The van der Waals surface area contributed by atoms with E-state index in [1.165, 1.54) is 18.2 Å². The van der Waals surface area contributed by atoms with E-state index in [4.69, 9.17) is 9.47 Å². The molecule has 3 unspecified atom stereocenters. The number of hydrogen-bond acceptors (Lipinski definition) is 6. The molecule has 3 N–H and O–H groups in total. The Bertz CT molecular complexity index is 852. The summed E-state index contributed by atoms with van der Waals surface area (Å²) in [7, 11) is 0. The quantitative estimate of drug-likeness (QED) is 0.223. The number of aliphatic hydroxyl groups is 3. The molecule has 196 valence electrons. The number of carbonyl (C=O) groups excluding carboxylic acids is 1. The van der Waals surface area contributed by atoms with Gasteiger partial charge in [0, 0.05) is 18.8 Å². The highest BCUT2D eigenvalue weighted by Gasteiger charge is 2.39. The van der Waals surface area contributed by atoms with E-state index in [1.54, 1.807) is 19.9 Å². The van der Waals surface area contributed by atoms with Gasteiger partial charge in [0.2, 0.25) is 0 Å². The maximum atomic E-state index is 12.8. The van der Waals surface area contributed by atoms with Crippen LogP contribution in [0.3, 0.4) is 0 Å². The number of unbranched alkanes of at least 4 members (excludes halogenated alkanes) is 1. The van der Waals surface area contributed by atoms with Gasteiger partial charge < -0.3 is 24.8 Å². The van der Waals surface area contributed by atoms with Crippen LogP contribution in [0.1, 0.15) is 51.5 Å². The molecule has 1 aromatic carbocycles. The Labute approximate surface area is 204 Å². The molecule has 1 saturated carbocycles. The largest absolute Gasteiger partial charge is 0.491 e. The average Bonchev–Trinajstić information content (AvgIpc) is 3.04. The fourth-order valence-corrected chi connectivity index (χ4v) is 4.02. The van der Waals surface area contributed by atoms with E-state index in [9.17, 15) is 33.3 Å². The van der Waals surface area contributed by atoms with Gasteiger partial charge in [-0.3, -0.25) is 4.79 Å². The molecule has 6 nitrogen and oxygen atoms in total. The van der Waals surface area contributed by atoms with Crippen molar-refractivity contribution in [1.82, 2.24) is 0 Å². The van der Waals surface area contributed by atoms with E-state index in [2.05, 4.69) is 0 Å². The third kappa shape index (κ3) is 10.0. The smallest absolute Gasteiger partial charge is 0.416 e. The number of esters is 1. The van der Waals surface area contributed by atoms with Gasteiger partial charge in [-0.2, -0.15) is 13.2 Å². The summed E-state index contributed by atoms with van der Waals surface area (Å²) in [5, 5.41) is 30.8. The Morgan fingerprint density at radius 3 is 2.63 bits per heavy atom. The zero-order chi connectivity index (χ0) is 26.0. The van der Waals surface area contributed by atoms with Crippen molar-refractivity contribution in [2.75, 3.05) is 6.61 Å². The van der Waals surface area contributed by atoms with Crippen LogP contribution in [0.15, 0.2) is 48.6 Å². The maximum Gasteiger partial charge on any atom is 0.416 e. The zero-order valence-corrected chi connectivity index (χ0v) is 20.0. The zero-order valence-electron chi connectivity index (χ0n) is 20.0. The summed E-state index contributed by atoms with van der Waals surface area (Å²) in [5.41, 5.74) is -0.838. The molecule has 2 rings (SSSR count). The van der Waals surface area contributed by atoms with Crippen LogP contribution < -0.4 is 4.74 Å². The standard InChI is InChI=1S/C26H35F3O6/c1-17(2)35-25(33)11-6-4-3-5-10-21-22(24(32)15-23(21)31)13-12-19(30)16-34-20-9-7-8-18(14-20)26(27,28)29/h3,5,7-9,12-14,17,19,21-24,30-32H,4,6,10-11,15-16H2,1-2H3/b5-3-,13-12+/t19-,21?,22-,23?,24?/m1/s1. The molecule has 0 radical (unpaired) electrons. The number of halogens is 3. The molecule has 1 aromatic rings. The van der Waals surface area contributed by atoms with Crippen molar-refractivity contribution in [3.63, 3.8) is 0 Å². The molecule has 0 aromatic heterocycles. The molecule has 35 heavy (non-hydrogen) atoms. The van der Waals surface area contributed by atoms with E-state index in [0.29, 0.717) is 25.7 Å². The predicted molar refractivity (Wildman–Crippen MR) is 125 cm³/mol. The molecule has 0 heterocycles. The van der Waals surface area contributed by atoms with Crippen LogP contribution >= 0.6 is 0 Å². The van der Waals surface area contributed by atoms with Crippen LogP contribution in [0.25, 0.3) is 0 Å². The van der Waals surface area contributed by atoms with Crippen LogP contribution in [0.2, 0.25) is 0 Å². The number of aliphatic hydroxyl groups excluding tert-OH is 3. The highest BCUT2D eigenvalue weighted by molar-refractivity contribution is 5.69. The van der Waals surface area contributed by atoms with Gasteiger partial charge in [0.25, 0.3) is 0 Å². The van der Waals surface area contributed by atoms with Crippen LogP contribution in [0, 0.1) is 11.8 Å². The molecule has 0 amide bonds. The number of allylic oxidation sites excluding steroid dienone is 2. The molecule has 0 spiro atoms. The van der Waals surface area contributed by atoms with Crippen molar-refractivity contribution < 1.29 is 42.8 Å². The summed E-state index contributed by atoms with van der Waals surface area (Å²) < 4.78 is 48.8. The fourth-order valence-electron chi connectivity index (χ4n) is 4.02. The Morgan fingerprint density at radius 1 is 1.20 bits per heavy atom. The Balaban J connectivity index is 1.82. The van der Waals surface area contributed by atoms with Crippen LogP contribution in [0.4, 0.5) is 13.2 Å². The third-order valence-electron chi connectivity index (χ3n) is 5.75. The van der Waals surface area contributed by atoms with Gasteiger partial charge in [0.05, 0.1) is 23.9 Å². The molecule has 0 saturated heterocycles. The van der Waals surface area contributed by atoms with Crippen molar-refractivity contribution in [2.45, 2.75) is 76.5 Å². The van der Waals surface area contributed by atoms with Gasteiger partial charge in [0.1, 0.15) is 18.5 Å². The molecule has 1 aliphatic carbocycles. The number of benzene rings is 1. The minimum atomic E-state index is -4.49. The molecule has 1 aliphatic rings. The monoisotopic (exact) mass is 500 g/mol. The lowest BCUT2D eigenvalue weighted by atomic mass is 9.89. The Morgan fingerprint density at radius 2 is 1.94 bits per heavy atom. The molecule has 0 bridgehead atoms. The minimum Gasteiger partial charge on any atom is -0.491 e. The van der Waals surface area contributed by atoms with E-state index in [-0.39, 0.29) is 42.7 Å². The first kappa shape index (κ1) is 28.9. The minimum absolute atomic E-state index is 0.0101. The van der Waals surface area contributed by atoms with Crippen molar-refractivity contribution in [3.8, 4) is 5.75 Å². The predicted octanol–water partition coefficient (Wildman–Crippen LogP) is 4.43. The SMILES string of the molecule is CC(C)OC(=O)CCC/C=C\CC1C(O)CC(O)[C@@H]1/C=C/[C@@H](O)COc1cccc(C(F)(F)F)c1. The summed E-state index contributed by atoms with van der Waals surface area (Å²) in [6.07, 6.45) is 2.09. The number of hydrogen-bond donors (Lipinski definition) is 3.